The summed E-state index contributed by atoms with van der Waals surface area (Å²) in [5.41, 5.74) is 0.658. The largest absolute Gasteiger partial charge is 0.394 e. The van der Waals surface area contributed by atoms with Gasteiger partial charge >= 0.3 is 0 Å². The van der Waals surface area contributed by atoms with Crippen LogP contribution in [0.25, 0.3) is 0 Å². The molecule has 0 aromatic heterocycles. The van der Waals surface area contributed by atoms with E-state index >= 15 is 0 Å². The standard InChI is InChI=1S/C19H28O5/c1-18(2)22-13-17(24-18)19(3)10-9-15(16(11-20)23-19)21-12-14-7-5-4-6-8-14/h4-8,15-17,20H,9-13H2,1-3H3/t15-,16+,17+,19-/m0/s1. The van der Waals surface area contributed by atoms with E-state index in [1.54, 1.807) is 0 Å². The molecule has 2 saturated heterocycles. The molecule has 1 aromatic rings. The van der Waals surface area contributed by atoms with Crippen molar-refractivity contribution in [3.63, 3.8) is 0 Å². The van der Waals surface area contributed by atoms with Crippen LogP contribution in [0.4, 0.5) is 0 Å². The molecule has 4 atom stereocenters. The first-order valence-electron chi connectivity index (χ1n) is 8.68. The summed E-state index contributed by atoms with van der Waals surface area (Å²) in [5, 5.41) is 9.76. The molecule has 1 N–H and O–H groups in total. The highest BCUT2D eigenvalue weighted by molar-refractivity contribution is 5.13. The monoisotopic (exact) mass is 336 g/mol. The summed E-state index contributed by atoms with van der Waals surface area (Å²) in [6.45, 7) is 6.84. The lowest BCUT2D eigenvalue weighted by atomic mass is 9.87. The van der Waals surface area contributed by atoms with Gasteiger partial charge in [0, 0.05) is 0 Å². The van der Waals surface area contributed by atoms with E-state index in [4.69, 9.17) is 18.9 Å². The van der Waals surface area contributed by atoms with E-state index in [9.17, 15) is 5.11 Å². The molecule has 0 bridgehead atoms. The van der Waals surface area contributed by atoms with E-state index < -0.39 is 11.4 Å². The number of benzene rings is 1. The Morgan fingerprint density at radius 3 is 2.54 bits per heavy atom. The Bertz CT molecular complexity index is 532. The van der Waals surface area contributed by atoms with Crippen LogP contribution in [0, 0.1) is 0 Å². The second kappa shape index (κ2) is 7.10. The highest BCUT2D eigenvalue weighted by atomic mass is 16.8. The van der Waals surface area contributed by atoms with E-state index in [-0.39, 0.29) is 24.9 Å². The summed E-state index contributed by atoms with van der Waals surface area (Å²) < 4.78 is 23.9. The third-order valence-corrected chi connectivity index (χ3v) is 4.94. The Labute approximate surface area is 143 Å². The average molecular weight is 336 g/mol. The topological polar surface area (TPSA) is 57.2 Å². The van der Waals surface area contributed by atoms with Gasteiger partial charge in [-0.25, -0.2) is 0 Å². The Kier molecular flexibility index (Phi) is 5.27. The number of ether oxygens (including phenoxy) is 4. The van der Waals surface area contributed by atoms with Gasteiger partial charge in [0.15, 0.2) is 5.79 Å². The first-order chi connectivity index (χ1) is 11.4. The summed E-state index contributed by atoms with van der Waals surface area (Å²) in [5.74, 6) is -0.577. The SMILES string of the molecule is CC1(C)OC[C@H]([C@]2(C)CC[C@H](OCc3ccccc3)[C@@H](CO)O2)O1. The van der Waals surface area contributed by atoms with Crippen molar-refractivity contribution in [1.82, 2.24) is 0 Å². The summed E-state index contributed by atoms with van der Waals surface area (Å²) in [7, 11) is 0. The lowest BCUT2D eigenvalue weighted by Gasteiger charge is -2.44. The molecular formula is C19H28O5. The van der Waals surface area contributed by atoms with Crippen LogP contribution in [0.1, 0.15) is 39.2 Å². The summed E-state index contributed by atoms with van der Waals surface area (Å²) in [6, 6.07) is 10.0. The Hall–Kier alpha value is -0.980. The zero-order valence-electron chi connectivity index (χ0n) is 14.7. The molecule has 3 rings (SSSR count). The van der Waals surface area contributed by atoms with Gasteiger partial charge in [0.25, 0.3) is 0 Å². The van der Waals surface area contributed by atoms with Gasteiger partial charge in [0.2, 0.25) is 0 Å². The molecule has 24 heavy (non-hydrogen) atoms. The minimum atomic E-state index is -0.577. The molecule has 5 nitrogen and oxygen atoms in total. The van der Waals surface area contributed by atoms with Crippen LogP contribution in [-0.2, 0) is 25.6 Å². The summed E-state index contributed by atoms with van der Waals surface area (Å²) in [4.78, 5) is 0. The zero-order valence-corrected chi connectivity index (χ0v) is 14.7. The fourth-order valence-electron chi connectivity index (χ4n) is 3.44. The Morgan fingerprint density at radius 2 is 1.92 bits per heavy atom. The molecule has 2 fully saturated rings. The van der Waals surface area contributed by atoms with Crippen molar-refractivity contribution in [2.24, 2.45) is 0 Å². The maximum atomic E-state index is 9.76. The Morgan fingerprint density at radius 1 is 1.17 bits per heavy atom. The van der Waals surface area contributed by atoms with Crippen molar-refractivity contribution in [2.75, 3.05) is 13.2 Å². The molecule has 0 saturated carbocycles. The first kappa shape index (κ1) is 17.8. The van der Waals surface area contributed by atoms with Crippen LogP contribution in [-0.4, -0.2) is 48.0 Å². The molecule has 0 unspecified atom stereocenters. The summed E-state index contributed by atoms with van der Waals surface area (Å²) in [6.07, 6.45) is 1.05. The van der Waals surface area contributed by atoms with E-state index in [0.717, 1.165) is 18.4 Å². The van der Waals surface area contributed by atoms with E-state index in [1.807, 2.05) is 51.1 Å². The first-order valence-corrected chi connectivity index (χ1v) is 8.68. The lowest BCUT2D eigenvalue weighted by Crippen LogP contribution is -2.54. The molecule has 2 heterocycles. The zero-order chi connectivity index (χ0) is 17.2. The van der Waals surface area contributed by atoms with Gasteiger partial charge in [-0.15, -0.1) is 0 Å². The van der Waals surface area contributed by atoms with Crippen LogP contribution in [0.2, 0.25) is 0 Å². The van der Waals surface area contributed by atoms with Crippen LogP contribution >= 0.6 is 0 Å². The smallest absolute Gasteiger partial charge is 0.163 e. The molecule has 2 aliphatic heterocycles. The van der Waals surface area contributed by atoms with Gasteiger partial charge in [0.1, 0.15) is 12.2 Å². The van der Waals surface area contributed by atoms with Gasteiger partial charge in [-0.3, -0.25) is 0 Å². The molecule has 5 heteroatoms. The van der Waals surface area contributed by atoms with Crippen molar-refractivity contribution >= 4 is 0 Å². The molecule has 134 valence electrons. The minimum Gasteiger partial charge on any atom is -0.394 e. The number of aliphatic hydroxyl groups excluding tert-OH is 1. The van der Waals surface area contributed by atoms with E-state index in [0.29, 0.717) is 13.2 Å². The van der Waals surface area contributed by atoms with Crippen molar-refractivity contribution in [2.45, 2.75) is 69.9 Å². The molecule has 1 aromatic carbocycles. The fraction of sp³-hybridized carbons (Fsp3) is 0.684. The minimum absolute atomic E-state index is 0.0635. The normalized spacial score (nSPS) is 35.9. The Balaban J connectivity index is 1.59. The van der Waals surface area contributed by atoms with Gasteiger partial charge in [0.05, 0.1) is 31.5 Å². The quantitative estimate of drug-likeness (QED) is 0.896. The number of hydrogen-bond donors (Lipinski definition) is 1. The second-order valence-electron chi connectivity index (χ2n) is 7.34. The van der Waals surface area contributed by atoms with Crippen molar-refractivity contribution in [1.29, 1.82) is 0 Å². The highest BCUT2D eigenvalue weighted by Gasteiger charge is 2.49. The van der Waals surface area contributed by atoms with Crippen molar-refractivity contribution in [3.05, 3.63) is 35.9 Å². The van der Waals surface area contributed by atoms with Crippen molar-refractivity contribution in [3.8, 4) is 0 Å². The van der Waals surface area contributed by atoms with Gasteiger partial charge in [-0.2, -0.15) is 0 Å². The van der Waals surface area contributed by atoms with Crippen LogP contribution in [0.5, 0.6) is 0 Å². The second-order valence-corrected chi connectivity index (χ2v) is 7.34. The van der Waals surface area contributed by atoms with E-state index in [2.05, 4.69) is 0 Å². The van der Waals surface area contributed by atoms with Gasteiger partial charge in [-0.1, -0.05) is 30.3 Å². The molecule has 0 aliphatic carbocycles. The van der Waals surface area contributed by atoms with Gasteiger partial charge in [-0.05, 0) is 39.2 Å². The lowest BCUT2D eigenvalue weighted by molar-refractivity contribution is -0.240. The van der Waals surface area contributed by atoms with Crippen LogP contribution in [0.3, 0.4) is 0 Å². The third kappa shape index (κ3) is 3.98. The predicted molar refractivity (Wildman–Crippen MR) is 89.5 cm³/mol. The molecule has 0 amide bonds. The number of hydrogen-bond acceptors (Lipinski definition) is 5. The highest BCUT2D eigenvalue weighted by Crippen LogP contribution is 2.39. The maximum Gasteiger partial charge on any atom is 0.163 e. The van der Waals surface area contributed by atoms with Gasteiger partial charge < -0.3 is 24.1 Å². The van der Waals surface area contributed by atoms with E-state index in [1.165, 1.54) is 0 Å². The molecule has 2 aliphatic rings. The van der Waals surface area contributed by atoms with Crippen LogP contribution < -0.4 is 0 Å². The molecule has 0 radical (unpaired) electrons. The fourth-order valence-corrected chi connectivity index (χ4v) is 3.44. The number of rotatable bonds is 5. The molecular weight excluding hydrogens is 308 g/mol. The average Bonchev–Trinajstić information content (AvgIpc) is 2.95. The van der Waals surface area contributed by atoms with Crippen LogP contribution in [0.15, 0.2) is 30.3 Å². The number of aliphatic hydroxyl groups is 1. The molecule has 0 spiro atoms. The summed E-state index contributed by atoms with van der Waals surface area (Å²) >= 11 is 0. The van der Waals surface area contributed by atoms with Crippen molar-refractivity contribution < 1.29 is 24.1 Å². The maximum absolute atomic E-state index is 9.76. The third-order valence-electron chi connectivity index (χ3n) is 4.94. The predicted octanol–water partition coefficient (Wildman–Crippen LogP) is 2.65.